The average molecular weight is 276 g/mol. The summed E-state index contributed by atoms with van der Waals surface area (Å²) in [7, 11) is 0. The molecule has 3 rings (SSSR count). The molecule has 0 aromatic carbocycles. The molecule has 2 aliphatic heterocycles. The summed E-state index contributed by atoms with van der Waals surface area (Å²) >= 11 is 0. The zero-order chi connectivity index (χ0) is 14.1. The third kappa shape index (κ3) is 2.42. The molecule has 2 aliphatic rings. The number of likely N-dealkylation sites (tertiary alicyclic amines) is 1. The Morgan fingerprint density at radius 2 is 1.85 bits per heavy atom. The van der Waals surface area contributed by atoms with E-state index in [1.54, 1.807) is 0 Å². The summed E-state index contributed by atoms with van der Waals surface area (Å²) in [6, 6.07) is 0. The highest BCUT2D eigenvalue weighted by atomic mass is 16.2. The number of aromatic nitrogens is 2. The number of nitrogens with zero attached hydrogens (tertiary/aromatic N) is 3. The third-order valence-electron chi connectivity index (χ3n) is 4.53. The van der Waals surface area contributed by atoms with Crippen molar-refractivity contribution in [2.75, 3.05) is 13.1 Å². The monoisotopic (exact) mass is 276 g/mol. The molecule has 0 saturated carbocycles. The maximum Gasteiger partial charge on any atom is 0.226 e. The van der Waals surface area contributed by atoms with Gasteiger partial charge in [-0.1, -0.05) is 0 Å². The van der Waals surface area contributed by atoms with Gasteiger partial charge in [0.25, 0.3) is 0 Å². The highest BCUT2D eigenvalue weighted by molar-refractivity contribution is 5.80. The van der Waals surface area contributed by atoms with Gasteiger partial charge >= 0.3 is 0 Å². The summed E-state index contributed by atoms with van der Waals surface area (Å²) in [4.78, 5) is 29.7. The molecule has 108 valence electrons. The molecule has 1 aromatic heterocycles. The van der Waals surface area contributed by atoms with E-state index < -0.39 is 0 Å². The Bertz CT molecular complexity index is 517. The van der Waals surface area contributed by atoms with E-state index in [0.717, 1.165) is 25.1 Å². The minimum Gasteiger partial charge on any atom is -0.369 e. The number of carbonyl (C=O) groups is 2. The first-order valence-corrected chi connectivity index (χ1v) is 7.22. The van der Waals surface area contributed by atoms with Crippen molar-refractivity contribution in [3.63, 3.8) is 0 Å². The molecule has 0 bridgehead atoms. The van der Waals surface area contributed by atoms with Crippen molar-refractivity contribution in [1.82, 2.24) is 14.5 Å². The van der Waals surface area contributed by atoms with Crippen LogP contribution in [-0.4, -0.2) is 39.4 Å². The summed E-state index contributed by atoms with van der Waals surface area (Å²) in [5, 5.41) is 0. The Morgan fingerprint density at radius 3 is 2.55 bits per heavy atom. The van der Waals surface area contributed by atoms with Gasteiger partial charge in [-0.15, -0.1) is 0 Å². The molecule has 1 atom stereocenters. The molecule has 6 nitrogen and oxygen atoms in total. The number of amides is 2. The molecule has 0 radical (unpaired) electrons. The molecular formula is C14H20N4O2. The number of imidazole rings is 1. The second kappa shape index (κ2) is 5.26. The first-order chi connectivity index (χ1) is 9.65. The minimum atomic E-state index is -0.237. The number of aryl methyl sites for hydroxylation is 1. The molecule has 0 aliphatic carbocycles. The van der Waals surface area contributed by atoms with Crippen molar-refractivity contribution >= 4 is 11.8 Å². The first kappa shape index (κ1) is 13.1. The van der Waals surface area contributed by atoms with Gasteiger partial charge in [0.2, 0.25) is 11.8 Å². The predicted octanol–water partition coefficient (Wildman–Crippen LogP) is 0.169. The van der Waals surface area contributed by atoms with Gasteiger partial charge in [-0.2, -0.15) is 0 Å². The van der Waals surface area contributed by atoms with E-state index >= 15 is 0 Å². The van der Waals surface area contributed by atoms with Crippen LogP contribution in [0, 0.1) is 11.8 Å². The van der Waals surface area contributed by atoms with Gasteiger partial charge in [0.1, 0.15) is 0 Å². The average Bonchev–Trinajstić information content (AvgIpc) is 2.94. The van der Waals surface area contributed by atoms with Crippen molar-refractivity contribution in [3.8, 4) is 0 Å². The topological polar surface area (TPSA) is 81.2 Å². The molecule has 1 saturated heterocycles. The second-order valence-electron chi connectivity index (χ2n) is 5.77. The number of piperidine rings is 1. The molecule has 0 spiro atoms. The van der Waals surface area contributed by atoms with Crippen LogP contribution in [0.4, 0.5) is 0 Å². The standard InChI is InChI=1S/C14H20N4O2/c15-13(19)10-1-4-17(5-2-10)14(20)11-3-6-18-9-16-8-12(18)7-11/h8-11H,1-7H2,(H2,15,19). The highest BCUT2D eigenvalue weighted by Crippen LogP contribution is 2.24. The van der Waals surface area contributed by atoms with Crippen LogP contribution in [0.2, 0.25) is 0 Å². The fourth-order valence-electron chi connectivity index (χ4n) is 3.22. The maximum absolute atomic E-state index is 12.5. The molecule has 20 heavy (non-hydrogen) atoms. The van der Waals surface area contributed by atoms with E-state index in [4.69, 9.17) is 5.73 Å². The molecule has 2 amide bonds. The van der Waals surface area contributed by atoms with Crippen LogP contribution >= 0.6 is 0 Å². The molecule has 6 heteroatoms. The van der Waals surface area contributed by atoms with Crippen LogP contribution < -0.4 is 5.73 Å². The van der Waals surface area contributed by atoms with Gasteiger partial charge in [-0.3, -0.25) is 9.59 Å². The van der Waals surface area contributed by atoms with Gasteiger partial charge in [0, 0.05) is 49.8 Å². The van der Waals surface area contributed by atoms with E-state index in [1.165, 1.54) is 0 Å². The van der Waals surface area contributed by atoms with Gasteiger partial charge in [0.05, 0.1) is 6.33 Å². The lowest BCUT2D eigenvalue weighted by atomic mass is 9.91. The SMILES string of the molecule is NC(=O)C1CCN(C(=O)C2CCn3cncc3C2)CC1. The van der Waals surface area contributed by atoms with Crippen molar-refractivity contribution in [3.05, 3.63) is 18.2 Å². The summed E-state index contributed by atoms with van der Waals surface area (Å²) in [5.41, 5.74) is 6.46. The fourth-order valence-corrected chi connectivity index (χ4v) is 3.22. The smallest absolute Gasteiger partial charge is 0.226 e. The maximum atomic E-state index is 12.5. The van der Waals surface area contributed by atoms with Crippen LogP contribution in [0.5, 0.6) is 0 Å². The van der Waals surface area contributed by atoms with Gasteiger partial charge in [0.15, 0.2) is 0 Å². The minimum absolute atomic E-state index is 0.0596. The number of primary amides is 1. The van der Waals surface area contributed by atoms with Crippen LogP contribution in [0.25, 0.3) is 0 Å². The second-order valence-corrected chi connectivity index (χ2v) is 5.77. The van der Waals surface area contributed by atoms with Crippen LogP contribution in [0.1, 0.15) is 25.0 Å². The predicted molar refractivity (Wildman–Crippen MR) is 72.5 cm³/mol. The van der Waals surface area contributed by atoms with Crippen molar-refractivity contribution in [2.24, 2.45) is 17.6 Å². The van der Waals surface area contributed by atoms with E-state index in [9.17, 15) is 9.59 Å². The largest absolute Gasteiger partial charge is 0.369 e. The van der Waals surface area contributed by atoms with Crippen LogP contribution in [0.3, 0.4) is 0 Å². The molecule has 3 heterocycles. The Morgan fingerprint density at radius 1 is 1.15 bits per heavy atom. The van der Waals surface area contributed by atoms with Crippen LogP contribution in [0.15, 0.2) is 12.5 Å². The summed E-state index contributed by atoms with van der Waals surface area (Å²) in [6.07, 6.45) is 6.72. The third-order valence-corrected chi connectivity index (χ3v) is 4.53. The Balaban J connectivity index is 1.59. The van der Waals surface area contributed by atoms with Gasteiger partial charge in [-0.25, -0.2) is 4.98 Å². The summed E-state index contributed by atoms with van der Waals surface area (Å²) in [5.74, 6) is -0.0183. The first-order valence-electron chi connectivity index (χ1n) is 7.22. The Kier molecular flexibility index (Phi) is 3.46. The Hall–Kier alpha value is -1.85. The van der Waals surface area contributed by atoms with E-state index in [1.807, 2.05) is 17.4 Å². The summed E-state index contributed by atoms with van der Waals surface area (Å²) < 4.78 is 2.11. The molecule has 1 unspecified atom stereocenters. The lowest BCUT2D eigenvalue weighted by molar-refractivity contribution is -0.139. The van der Waals surface area contributed by atoms with Crippen molar-refractivity contribution < 1.29 is 9.59 Å². The molecule has 1 fully saturated rings. The number of hydrogen-bond acceptors (Lipinski definition) is 3. The lowest BCUT2D eigenvalue weighted by Crippen LogP contribution is -2.45. The molecule has 1 aromatic rings. The van der Waals surface area contributed by atoms with Crippen molar-refractivity contribution in [1.29, 1.82) is 0 Å². The van der Waals surface area contributed by atoms with Crippen LogP contribution in [-0.2, 0) is 22.6 Å². The van der Waals surface area contributed by atoms with Gasteiger partial charge < -0.3 is 15.2 Å². The number of hydrogen-bond donors (Lipinski definition) is 1. The highest BCUT2D eigenvalue weighted by Gasteiger charge is 2.31. The number of carbonyl (C=O) groups excluding carboxylic acids is 2. The Labute approximate surface area is 117 Å². The lowest BCUT2D eigenvalue weighted by Gasteiger charge is -2.34. The molecular weight excluding hydrogens is 256 g/mol. The number of nitrogens with two attached hydrogens (primary N) is 1. The molecule has 2 N–H and O–H groups in total. The van der Waals surface area contributed by atoms with Gasteiger partial charge in [-0.05, 0) is 19.3 Å². The zero-order valence-electron chi connectivity index (χ0n) is 11.5. The zero-order valence-corrected chi connectivity index (χ0v) is 11.5. The summed E-state index contributed by atoms with van der Waals surface area (Å²) in [6.45, 7) is 2.17. The number of fused-ring (bicyclic) bond motifs is 1. The van der Waals surface area contributed by atoms with Crippen molar-refractivity contribution in [2.45, 2.75) is 32.2 Å². The normalized spacial score (nSPS) is 23.4. The van der Waals surface area contributed by atoms with E-state index in [-0.39, 0.29) is 23.7 Å². The fraction of sp³-hybridized carbons (Fsp3) is 0.643. The number of rotatable bonds is 2. The van der Waals surface area contributed by atoms with E-state index in [2.05, 4.69) is 9.55 Å². The van der Waals surface area contributed by atoms with E-state index in [0.29, 0.717) is 25.9 Å². The quantitative estimate of drug-likeness (QED) is 0.836.